The van der Waals surface area contributed by atoms with Crippen LogP contribution in [0.25, 0.3) is 10.9 Å². The molecular formula is C33H35N5O6S. The van der Waals surface area contributed by atoms with Crippen molar-refractivity contribution in [2.75, 3.05) is 50.3 Å². The van der Waals surface area contributed by atoms with Crippen LogP contribution in [0.2, 0.25) is 0 Å². The summed E-state index contributed by atoms with van der Waals surface area (Å²) in [5.41, 5.74) is 1.83. The van der Waals surface area contributed by atoms with Gasteiger partial charge in [0.1, 0.15) is 5.75 Å². The zero-order chi connectivity index (χ0) is 31.3. The zero-order valence-corrected chi connectivity index (χ0v) is 26.0. The van der Waals surface area contributed by atoms with E-state index in [1.807, 2.05) is 42.2 Å². The minimum Gasteiger partial charge on any atom is -0.495 e. The highest BCUT2D eigenvalue weighted by Crippen LogP contribution is 2.36. The molecule has 0 bridgehead atoms. The summed E-state index contributed by atoms with van der Waals surface area (Å²) < 4.78 is 17.9. The monoisotopic (exact) mass is 629 g/mol. The number of nitrogens with zero attached hydrogens (tertiary/aromatic N) is 4. The Hall–Kier alpha value is -4.71. The van der Waals surface area contributed by atoms with Gasteiger partial charge in [-0.15, -0.1) is 0 Å². The molecule has 1 aromatic heterocycles. The summed E-state index contributed by atoms with van der Waals surface area (Å²) in [5.74, 6) is 1.26. The highest BCUT2D eigenvalue weighted by atomic mass is 32.2. The first-order chi connectivity index (χ1) is 21.9. The number of anilines is 2. The van der Waals surface area contributed by atoms with Crippen molar-refractivity contribution in [2.24, 2.45) is 0 Å². The van der Waals surface area contributed by atoms with E-state index in [1.165, 1.54) is 16.3 Å². The molecule has 2 amide bonds. The number of amides is 2. The van der Waals surface area contributed by atoms with Crippen molar-refractivity contribution in [2.45, 2.75) is 36.7 Å². The van der Waals surface area contributed by atoms with Gasteiger partial charge in [-0.2, -0.15) is 0 Å². The molecule has 0 unspecified atom stereocenters. The molecule has 3 aromatic carbocycles. The number of aromatic nitrogens is 2. The highest BCUT2D eigenvalue weighted by molar-refractivity contribution is 8.00. The molecule has 1 saturated heterocycles. The number of rotatable bonds is 10. The first-order valence-electron chi connectivity index (χ1n) is 15.0. The normalized spacial score (nSPS) is 14.8. The standard InChI is InChI=1S/C33H35N5O6S/c1-3-29(31(40)34-24-11-7-8-12-26(24)42-2)45-33-35-25-20-28-27(43-21-44-28)19-23(25)32(41)38(33)14-13-30(39)37-17-15-36(16-18-37)22-9-5-4-6-10-22/h4-12,19-20,29H,3,13-18,21H2,1-2H3,(H,34,40)/t29-/m1/s1. The van der Waals surface area contributed by atoms with E-state index in [2.05, 4.69) is 22.3 Å². The molecule has 0 radical (unpaired) electrons. The fourth-order valence-corrected chi connectivity index (χ4v) is 6.55. The van der Waals surface area contributed by atoms with Crippen LogP contribution in [0.5, 0.6) is 17.2 Å². The second kappa shape index (κ2) is 13.5. The van der Waals surface area contributed by atoms with E-state index < -0.39 is 5.25 Å². The lowest BCUT2D eigenvalue weighted by molar-refractivity contribution is -0.131. The number of methoxy groups -OCH3 is 1. The average Bonchev–Trinajstić information content (AvgIpc) is 3.54. The minimum atomic E-state index is -0.568. The fourth-order valence-electron chi connectivity index (χ4n) is 5.51. The Morgan fingerprint density at radius 3 is 2.44 bits per heavy atom. The molecule has 0 aliphatic carbocycles. The third kappa shape index (κ3) is 6.56. The molecule has 4 aromatic rings. The third-order valence-corrected chi connectivity index (χ3v) is 9.35. The van der Waals surface area contributed by atoms with Gasteiger partial charge in [-0.25, -0.2) is 4.98 Å². The Labute approximate surface area is 265 Å². The summed E-state index contributed by atoms with van der Waals surface area (Å²) in [6, 6.07) is 20.7. The first-order valence-corrected chi connectivity index (χ1v) is 15.9. The van der Waals surface area contributed by atoms with Crippen molar-refractivity contribution in [3.8, 4) is 17.2 Å². The molecule has 234 valence electrons. The Morgan fingerprint density at radius 1 is 1.00 bits per heavy atom. The van der Waals surface area contributed by atoms with Crippen molar-refractivity contribution in [3.05, 3.63) is 77.1 Å². The second-order valence-corrected chi connectivity index (χ2v) is 11.9. The van der Waals surface area contributed by atoms with Gasteiger partial charge in [0.25, 0.3) is 5.56 Å². The van der Waals surface area contributed by atoms with Crippen LogP contribution in [-0.2, 0) is 16.1 Å². The number of fused-ring (bicyclic) bond motifs is 2. The molecule has 6 rings (SSSR count). The van der Waals surface area contributed by atoms with E-state index in [0.29, 0.717) is 58.5 Å². The number of thioether (sulfide) groups is 1. The van der Waals surface area contributed by atoms with Gasteiger partial charge in [0.2, 0.25) is 18.6 Å². The maximum atomic E-state index is 13.9. The van der Waals surface area contributed by atoms with Gasteiger partial charge in [-0.3, -0.25) is 19.0 Å². The minimum absolute atomic E-state index is 0.0303. The molecule has 1 fully saturated rings. The van der Waals surface area contributed by atoms with Crippen molar-refractivity contribution in [1.29, 1.82) is 0 Å². The molecule has 2 aliphatic rings. The van der Waals surface area contributed by atoms with Crippen LogP contribution < -0.4 is 30.0 Å². The zero-order valence-electron chi connectivity index (χ0n) is 25.2. The third-order valence-electron chi connectivity index (χ3n) is 7.99. The van der Waals surface area contributed by atoms with E-state index in [-0.39, 0.29) is 37.1 Å². The Balaban J connectivity index is 1.23. The number of ether oxygens (including phenoxy) is 3. The van der Waals surface area contributed by atoms with Crippen LogP contribution in [0.4, 0.5) is 11.4 Å². The van der Waals surface area contributed by atoms with Gasteiger partial charge in [-0.05, 0) is 36.8 Å². The maximum absolute atomic E-state index is 13.9. The number of hydrogen-bond donors (Lipinski definition) is 1. The molecule has 1 atom stereocenters. The number of benzene rings is 3. The van der Waals surface area contributed by atoms with Crippen LogP contribution in [0.3, 0.4) is 0 Å². The van der Waals surface area contributed by atoms with Crippen LogP contribution in [-0.4, -0.2) is 71.6 Å². The molecule has 11 nitrogen and oxygen atoms in total. The first kappa shape index (κ1) is 30.3. The van der Waals surface area contributed by atoms with E-state index in [1.54, 1.807) is 31.4 Å². The highest BCUT2D eigenvalue weighted by Gasteiger charge is 2.26. The number of nitrogens with one attached hydrogen (secondary N) is 1. The van der Waals surface area contributed by atoms with Crippen LogP contribution in [0.15, 0.2) is 76.7 Å². The van der Waals surface area contributed by atoms with E-state index in [4.69, 9.17) is 19.2 Å². The number of para-hydroxylation sites is 3. The van der Waals surface area contributed by atoms with Gasteiger partial charge in [0.05, 0.1) is 29.0 Å². The number of carbonyl (C=O) groups is 2. The smallest absolute Gasteiger partial charge is 0.262 e. The van der Waals surface area contributed by atoms with Gasteiger partial charge in [0.15, 0.2) is 16.7 Å². The van der Waals surface area contributed by atoms with Crippen molar-refractivity contribution >= 4 is 45.9 Å². The van der Waals surface area contributed by atoms with Crippen LogP contribution in [0, 0.1) is 0 Å². The predicted molar refractivity (Wildman–Crippen MR) is 174 cm³/mol. The molecule has 1 N–H and O–H groups in total. The number of carbonyl (C=O) groups excluding carboxylic acids is 2. The summed E-state index contributed by atoms with van der Waals surface area (Å²) in [4.78, 5) is 49.6. The molecule has 12 heteroatoms. The lowest BCUT2D eigenvalue weighted by Gasteiger charge is -2.36. The van der Waals surface area contributed by atoms with Crippen molar-refractivity contribution < 1.29 is 23.8 Å². The topological polar surface area (TPSA) is 115 Å². The largest absolute Gasteiger partial charge is 0.495 e. The van der Waals surface area contributed by atoms with Gasteiger partial charge >= 0.3 is 0 Å². The molecule has 3 heterocycles. The quantitative estimate of drug-likeness (QED) is 0.202. The summed E-state index contributed by atoms with van der Waals surface area (Å²) >= 11 is 1.20. The summed E-state index contributed by atoms with van der Waals surface area (Å²) in [6.45, 7) is 4.77. The lowest BCUT2D eigenvalue weighted by atomic mass is 10.2. The predicted octanol–water partition coefficient (Wildman–Crippen LogP) is 4.38. The van der Waals surface area contributed by atoms with Gasteiger partial charge in [0, 0.05) is 50.9 Å². The number of piperazine rings is 1. The van der Waals surface area contributed by atoms with Gasteiger partial charge in [-0.1, -0.05) is 49.0 Å². The fraction of sp³-hybridized carbons (Fsp3) is 0.333. The average molecular weight is 630 g/mol. The SMILES string of the molecule is CC[C@@H](Sc1nc2cc3c(cc2c(=O)n1CCC(=O)N1CCN(c2ccccc2)CC1)OCO3)C(=O)Nc1ccccc1OC. The summed E-state index contributed by atoms with van der Waals surface area (Å²) in [6.07, 6.45) is 0.603. The summed E-state index contributed by atoms with van der Waals surface area (Å²) in [7, 11) is 1.55. The van der Waals surface area contributed by atoms with Gasteiger partial charge < -0.3 is 29.3 Å². The Morgan fingerprint density at radius 2 is 1.71 bits per heavy atom. The van der Waals surface area contributed by atoms with Crippen molar-refractivity contribution in [3.63, 3.8) is 0 Å². The maximum Gasteiger partial charge on any atom is 0.262 e. The molecule has 2 aliphatic heterocycles. The van der Waals surface area contributed by atoms with E-state index in [9.17, 15) is 14.4 Å². The van der Waals surface area contributed by atoms with E-state index in [0.717, 1.165) is 18.8 Å². The lowest BCUT2D eigenvalue weighted by Crippen LogP contribution is -2.49. The van der Waals surface area contributed by atoms with Crippen LogP contribution >= 0.6 is 11.8 Å². The molecule has 0 saturated carbocycles. The van der Waals surface area contributed by atoms with Crippen LogP contribution in [0.1, 0.15) is 19.8 Å². The second-order valence-electron chi connectivity index (χ2n) is 10.7. The van der Waals surface area contributed by atoms with E-state index >= 15 is 0 Å². The Kier molecular flexibility index (Phi) is 9.11. The summed E-state index contributed by atoms with van der Waals surface area (Å²) in [5, 5.41) is 3.09. The number of hydrogen-bond acceptors (Lipinski definition) is 9. The molecular weight excluding hydrogens is 594 g/mol. The molecule has 45 heavy (non-hydrogen) atoms. The van der Waals surface area contributed by atoms with Crippen molar-refractivity contribution in [1.82, 2.24) is 14.5 Å². The Bertz CT molecular complexity index is 1760. The molecule has 0 spiro atoms.